The molecule has 0 bridgehead atoms. The summed E-state index contributed by atoms with van der Waals surface area (Å²) in [6, 6.07) is 12.9. The molecule has 5 atom stereocenters. The maximum Gasteiger partial charge on any atom is 0.407 e. The zero-order chi connectivity index (χ0) is 33.6. The van der Waals surface area contributed by atoms with Gasteiger partial charge in [-0.1, -0.05) is 49.3 Å². The van der Waals surface area contributed by atoms with E-state index in [0.717, 1.165) is 17.7 Å². The van der Waals surface area contributed by atoms with Crippen LogP contribution in [-0.2, 0) is 35.5 Å². The molecule has 0 spiro atoms. The third-order valence-corrected chi connectivity index (χ3v) is 10.5. The number of oxime groups is 1. The van der Waals surface area contributed by atoms with Crippen molar-refractivity contribution in [2.24, 2.45) is 16.5 Å². The minimum absolute atomic E-state index is 0.00101. The molecule has 2 aromatic rings. The summed E-state index contributed by atoms with van der Waals surface area (Å²) < 4.78 is 57.5. The van der Waals surface area contributed by atoms with Gasteiger partial charge in [-0.2, -0.15) is 4.31 Å². The Morgan fingerprint density at radius 2 is 1.91 bits per heavy atom. The molecule has 0 aliphatic carbocycles. The largest absolute Gasteiger partial charge is 0.454 e. The Bertz CT molecular complexity index is 1500. The van der Waals surface area contributed by atoms with E-state index in [-0.39, 0.29) is 50.0 Å². The number of ether oxygens (including phenoxy) is 5. The van der Waals surface area contributed by atoms with Crippen molar-refractivity contribution in [2.45, 2.75) is 75.9 Å². The van der Waals surface area contributed by atoms with E-state index in [1.54, 1.807) is 6.07 Å². The molecular weight excluding hydrogens is 630 g/mol. The summed E-state index contributed by atoms with van der Waals surface area (Å²) in [4.78, 5) is 18.1. The maximum atomic E-state index is 14.3. The van der Waals surface area contributed by atoms with E-state index in [9.17, 15) is 18.3 Å². The summed E-state index contributed by atoms with van der Waals surface area (Å²) in [6.07, 6.45) is -0.747. The lowest BCUT2D eigenvalue weighted by Gasteiger charge is -2.35. The zero-order valence-electron chi connectivity index (χ0n) is 27.3. The standard InChI is InChI=1S/C33H45N3O10S/c1-22(35-41-4)12-14-33(2,3)20-36(47(39,40)24-10-11-28-29(17-24)45-21-44-28)18-27(37)26(16-23-8-6-5-7-9-23)34-32(38)46-30-19-43-31-25(30)13-15-42-31/h5-11,17,25-27,30-31,37H,12-16,18-21H2,1-4H3,(H,34,38)/t25-,26-,27+,30-,31+/m0/s1. The number of fused-ring (bicyclic) bond motifs is 2. The Labute approximate surface area is 276 Å². The van der Waals surface area contributed by atoms with Crippen molar-refractivity contribution in [3.8, 4) is 11.5 Å². The SMILES string of the molecule is CON=C(C)CCC(C)(C)CN(C[C@@H](O)[C@H](Cc1ccccc1)NC(=O)O[C@H]1CO[C@H]2OCC[C@H]21)S(=O)(=O)c1ccc2c(c1)OCO2. The molecule has 0 radical (unpaired) electrons. The number of carbonyl (C=O) groups excluding carboxylic acids is 1. The topological polar surface area (TPSA) is 154 Å². The molecule has 5 rings (SSSR count). The number of nitrogens with zero attached hydrogens (tertiary/aromatic N) is 2. The van der Waals surface area contributed by atoms with Crippen molar-refractivity contribution in [1.82, 2.24) is 9.62 Å². The Morgan fingerprint density at radius 3 is 2.68 bits per heavy atom. The first kappa shape index (κ1) is 34.9. The first-order chi connectivity index (χ1) is 22.4. The van der Waals surface area contributed by atoms with E-state index in [2.05, 4.69) is 10.5 Å². The molecule has 258 valence electrons. The lowest BCUT2D eigenvalue weighted by Crippen LogP contribution is -2.52. The Morgan fingerprint density at radius 1 is 1.15 bits per heavy atom. The fraction of sp³-hybridized carbons (Fsp3) is 0.576. The van der Waals surface area contributed by atoms with Gasteiger partial charge >= 0.3 is 6.09 Å². The second kappa shape index (κ2) is 15.2. The molecule has 3 aliphatic heterocycles. The van der Waals surface area contributed by atoms with Gasteiger partial charge in [0.05, 0.1) is 41.9 Å². The van der Waals surface area contributed by atoms with Crippen LogP contribution in [0, 0.1) is 11.3 Å². The van der Waals surface area contributed by atoms with E-state index < -0.39 is 39.8 Å². The number of hydrogen-bond acceptors (Lipinski definition) is 11. The van der Waals surface area contributed by atoms with Crippen LogP contribution >= 0.6 is 0 Å². The van der Waals surface area contributed by atoms with Gasteiger partial charge in [0.15, 0.2) is 17.8 Å². The van der Waals surface area contributed by atoms with Crippen molar-refractivity contribution >= 4 is 21.8 Å². The van der Waals surface area contributed by atoms with Gasteiger partial charge in [0.25, 0.3) is 0 Å². The predicted octanol–water partition coefficient (Wildman–Crippen LogP) is 3.69. The molecule has 1 amide bonds. The summed E-state index contributed by atoms with van der Waals surface area (Å²) in [5.41, 5.74) is 1.10. The van der Waals surface area contributed by atoms with Crippen LogP contribution in [0.3, 0.4) is 0 Å². The smallest absolute Gasteiger partial charge is 0.407 e. The fourth-order valence-electron chi connectivity index (χ4n) is 6.07. The quantitative estimate of drug-likeness (QED) is 0.211. The van der Waals surface area contributed by atoms with E-state index in [1.165, 1.54) is 23.5 Å². The summed E-state index contributed by atoms with van der Waals surface area (Å²) in [7, 11) is -2.68. The molecule has 3 heterocycles. The number of carbonyl (C=O) groups is 1. The minimum Gasteiger partial charge on any atom is -0.454 e. The van der Waals surface area contributed by atoms with E-state index in [1.807, 2.05) is 51.1 Å². The normalized spacial score (nSPS) is 22.2. The highest BCUT2D eigenvalue weighted by Gasteiger charge is 2.44. The summed E-state index contributed by atoms with van der Waals surface area (Å²) in [5.74, 6) is 0.729. The monoisotopic (exact) mass is 675 g/mol. The van der Waals surface area contributed by atoms with Gasteiger partial charge in [0.1, 0.15) is 13.2 Å². The van der Waals surface area contributed by atoms with Crippen LogP contribution in [0.25, 0.3) is 0 Å². The number of alkyl carbamates (subject to hydrolysis) is 1. The van der Waals surface area contributed by atoms with Gasteiger partial charge in [0, 0.05) is 19.2 Å². The summed E-state index contributed by atoms with van der Waals surface area (Å²) in [5, 5.41) is 18.6. The van der Waals surface area contributed by atoms with E-state index >= 15 is 0 Å². The van der Waals surface area contributed by atoms with Crippen molar-refractivity contribution < 1.29 is 46.8 Å². The number of aliphatic hydroxyl groups is 1. The van der Waals surface area contributed by atoms with Crippen molar-refractivity contribution in [3.05, 3.63) is 54.1 Å². The van der Waals surface area contributed by atoms with E-state index in [0.29, 0.717) is 30.9 Å². The molecular formula is C33H45N3O10S. The van der Waals surface area contributed by atoms with Gasteiger partial charge in [-0.3, -0.25) is 0 Å². The molecule has 0 saturated carbocycles. The average molecular weight is 676 g/mol. The first-order valence-corrected chi connectivity index (χ1v) is 17.3. The lowest BCUT2D eigenvalue weighted by molar-refractivity contribution is -0.0907. The van der Waals surface area contributed by atoms with Crippen LogP contribution in [0.1, 0.15) is 45.6 Å². The first-order valence-electron chi connectivity index (χ1n) is 15.8. The average Bonchev–Trinajstić information content (AvgIpc) is 3.79. The maximum absolute atomic E-state index is 14.3. The Hall–Kier alpha value is -3.43. The van der Waals surface area contributed by atoms with Gasteiger partial charge in [0.2, 0.25) is 16.8 Å². The molecule has 2 saturated heterocycles. The fourth-order valence-corrected chi connectivity index (χ4v) is 7.73. The van der Waals surface area contributed by atoms with Gasteiger partial charge in [-0.05, 0) is 55.7 Å². The molecule has 2 N–H and O–H groups in total. The molecule has 13 nitrogen and oxygen atoms in total. The molecule has 3 aliphatic rings. The van der Waals surface area contributed by atoms with Crippen LogP contribution in [0.2, 0.25) is 0 Å². The van der Waals surface area contributed by atoms with Gasteiger partial charge in [-0.25, -0.2) is 13.2 Å². The number of nitrogens with one attached hydrogen (secondary N) is 1. The predicted molar refractivity (Wildman–Crippen MR) is 172 cm³/mol. The number of aliphatic hydroxyl groups excluding tert-OH is 1. The second-order valence-electron chi connectivity index (χ2n) is 13.0. The molecule has 0 unspecified atom stereocenters. The zero-order valence-corrected chi connectivity index (χ0v) is 28.1. The minimum atomic E-state index is -4.15. The highest BCUT2D eigenvalue weighted by molar-refractivity contribution is 7.89. The third kappa shape index (κ3) is 8.93. The molecule has 2 fully saturated rings. The third-order valence-electron chi connectivity index (χ3n) is 8.70. The number of benzene rings is 2. The molecule has 14 heteroatoms. The van der Waals surface area contributed by atoms with Gasteiger partial charge in [-0.15, -0.1) is 0 Å². The van der Waals surface area contributed by atoms with Crippen molar-refractivity contribution in [3.63, 3.8) is 0 Å². The molecule has 47 heavy (non-hydrogen) atoms. The number of rotatable bonds is 15. The summed E-state index contributed by atoms with van der Waals surface area (Å²) in [6.45, 7) is 6.31. The van der Waals surface area contributed by atoms with Gasteiger partial charge < -0.3 is 38.9 Å². The van der Waals surface area contributed by atoms with Crippen LogP contribution in [0.4, 0.5) is 4.79 Å². The van der Waals surface area contributed by atoms with Crippen LogP contribution in [-0.4, -0.2) is 94.4 Å². The Balaban J connectivity index is 1.38. The Kier molecular flexibility index (Phi) is 11.3. The number of amides is 1. The number of sulfonamides is 1. The highest BCUT2D eigenvalue weighted by atomic mass is 32.2. The van der Waals surface area contributed by atoms with Crippen molar-refractivity contribution in [2.75, 3.05) is 40.2 Å². The lowest BCUT2D eigenvalue weighted by atomic mass is 9.86. The summed E-state index contributed by atoms with van der Waals surface area (Å²) >= 11 is 0. The van der Waals surface area contributed by atoms with Crippen LogP contribution in [0.15, 0.2) is 58.6 Å². The van der Waals surface area contributed by atoms with E-state index in [4.69, 9.17) is 28.5 Å². The van der Waals surface area contributed by atoms with Crippen LogP contribution < -0.4 is 14.8 Å². The molecule has 0 aromatic heterocycles. The second-order valence-corrected chi connectivity index (χ2v) is 14.9. The van der Waals surface area contributed by atoms with Crippen molar-refractivity contribution in [1.29, 1.82) is 0 Å². The number of hydrogen-bond donors (Lipinski definition) is 2. The highest BCUT2D eigenvalue weighted by Crippen LogP contribution is 2.36. The molecule has 2 aromatic carbocycles. The van der Waals surface area contributed by atoms with Crippen LogP contribution in [0.5, 0.6) is 11.5 Å².